The lowest BCUT2D eigenvalue weighted by atomic mass is 10.3. The fourth-order valence-electron chi connectivity index (χ4n) is 1.83. The van der Waals surface area contributed by atoms with Crippen molar-refractivity contribution in [3.05, 3.63) is 39.3 Å². The van der Waals surface area contributed by atoms with Gasteiger partial charge in [-0.15, -0.1) is 11.3 Å². The maximum atomic E-state index is 12.1. The highest BCUT2D eigenvalue weighted by atomic mass is 35.5. The monoisotopic (exact) mass is 312 g/mol. The van der Waals surface area contributed by atoms with Gasteiger partial charge in [-0.25, -0.2) is 4.79 Å². The Hall–Kier alpha value is -1.53. The number of hydrogen-bond donors (Lipinski definition) is 1. The van der Waals surface area contributed by atoms with Crippen molar-refractivity contribution in [1.82, 2.24) is 20.0 Å². The summed E-state index contributed by atoms with van der Waals surface area (Å²) in [6, 6.07) is 3.59. The summed E-state index contributed by atoms with van der Waals surface area (Å²) in [6.07, 6.45) is 3.65. The zero-order valence-electron chi connectivity index (χ0n) is 11.6. The van der Waals surface area contributed by atoms with Crippen LogP contribution in [-0.2, 0) is 13.6 Å². The van der Waals surface area contributed by atoms with Crippen LogP contribution in [0.2, 0.25) is 4.34 Å². The molecule has 108 valence electrons. The topological polar surface area (TPSA) is 50.2 Å². The van der Waals surface area contributed by atoms with Crippen molar-refractivity contribution in [1.29, 1.82) is 0 Å². The van der Waals surface area contributed by atoms with E-state index in [4.69, 9.17) is 11.6 Å². The van der Waals surface area contributed by atoms with Crippen molar-refractivity contribution in [2.75, 3.05) is 7.05 Å². The van der Waals surface area contributed by atoms with Crippen LogP contribution in [0.15, 0.2) is 24.5 Å². The van der Waals surface area contributed by atoms with Crippen LogP contribution < -0.4 is 5.32 Å². The molecule has 2 amide bonds. The summed E-state index contributed by atoms with van der Waals surface area (Å²) in [5, 5.41) is 7.03. The van der Waals surface area contributed by atoms with Crippen LogP contribution in [0.1, 0.15) is 23.4 Å². The van der Waals surface area contributed by atoms with Crippen molar-refractivity contribution in [2.24, 2.45) is 7.05 Å². The molecule has 2 aromatic heterocycles. The van der Waals surface area contributed by atoms with Crippen LogP contribution in [-0.4, -0.2) is 27.8 Å². The van der Waals surface area contributed by atoms with E-state index in [-0.39, 0.29) is 12.1 Å². The first-order valence-corrected chi connectivity index (χ1v) is 7.39. The highest BCUT2D eigenvalue weighted by Gasteiger charge is 2.15. The van der Waals surface area contributed by atoms with Gasteiger partial charge < -0.3 is 10.2 Å². The van der Waals surface area contributed by atoms with E-state index in [9.17, 15) is 4.79 Å². The van der Waals surface area contributed by atoms with E-state index in [1.165, 1.54) is 11.3 Å². The molecule has 1 atom stereocenters. The number of rotatable bonds is 4. The van der Waals surface area contributed by atoms with Gasteiger partial charge in [-0.1, -0.05) is 11.6 Å². The molecule has 0 saturated heterocycles. The number of nitrogens with one attached hydrogen (secondary N) is 1. The van der Waals surface area contributed by atoms with E-state index in [2.05, 4.69) is 10.4 Å². The number of nitrogens with zero attached hydrogens (tertiary/aromatic N) is 3. The van der Waals surface area contributed by atoms with Crippen molar-refractivity contribution in [3.8, 4) is 0 Å². The van der Waals surface area contributed by atoms with Gasteiger partial charge in [-0.3, -0.25) is 4.68 Å². The van der Waals surface area contributed by atoms with Gasteiger partial charge in [0.05, 0.1) is 23.1 Å². The van der Waals surface area contributed by atoms with Gasteiger partial charge >= 0.3 is 6.03 Å². The molecule has 0 radical (unpaired) electrons. The van der Waals surface area contributed by atoms with Crippen LogP contribution in [0.4, 0.5) is 4.79 Å². The van der Waals surface area contributed by atoms with Crippen LogP contribution in [0.25, 0.3) is 0 Å². The predicted octanol–water partition coefficient (Wildman–Crippen LogP) is 3.04. The Morgan fingerprint density at radius 3 is 2.90 bits per heavy atom. The van der Waals surface area contributed by atoms with Gasteiger partial charge in [0.1, 0.15) is 0 Å². The van der Waals surface area contributed by atoms with E-state index in [0.717, 1.165) is 14.8 Å². The second-order valence-electron chi connectivity index (χ2n) is 4.69. The molecule has 0 aliphatic rings. The molecule has 0 aromatic carbocycles. The first-order chi connectivity index (χ1) is 9.45. The zero-order chi connectivity index (χ0) is 14.7. The summed E-state index contributed by atoms with van der Waals surface area (Å²) >= 11 is 7.38. The van der Waals surface area contributed by atoms with Crippen molar-refractivity contribution >= 4 is 29.0 Å². The molecule has 2 aromatic rings. The summed E-state index contributed by atoms with van der Waals surface area (Å²) in [7, 11) is 3.61. The second kappa shape index (κ2) is 6.28. The number of urea groups is 1. The molecule has 0 aliphatic heterocycles. The minimum absolute atomic E-state index is 0.0589. The molecule has 1 N–H and O–H groups in total. The van der Waals surface area contributed by atoms with E-state index >= 15 is 0 Å². The zero-order valence-corrected chi connectivity index (χ0v) is 13.2. The fraction of sp³-hybridized carbons (Fsp3) is 0.385. The normalized spacial score (nSPS) is 12.2. The number of carbonyl (C=O) groups is 1. The molecule has 0 bridgehead atoms. The number of aromatic nitrogens is 2. The molecule has 5 nitrogen and oxygen atoms in total. The minimum Gasteiger partial charge on any atom is -0.331 e. The average Bonchev–Trinajstić information content (AvgIpc) is 2.98. The maximum absolute atomic E-state index is 12.1. The molecule has 2 rings (SSSR count). The second-order valence-corrected chi connectivity index (χ2v) is 6.44. The molecule has 0 fully saturated rings. The Balaban J connectivity index is 1.90. The predicted molar refractivity (Wildman–Crippen MR) is 81.0 cm³/mol. The van der Waals surface area contributed by atoms with Gasteiger partial charge in [0, 0.05) is 30.7 Å². The first kappa shape index (κ1) is 14.9. The first-order valence-electron chi connectivity index (χ1n) is 6.20. The Morgan fingerprint density at radius 1 is 1.60 bits per heavy atom. The van der Waals surface area contributed by atoms with Gasteiger partial charge in [0.2, 0.25) is 0 Å². The number of aryl methyl sites for hydroxylation is 1. The SMILES string of the molecule is CC(NC(=O)N(C)Cc1cnn(C)c1)c1ccc(Cl)s1. The maximum Gasteiger partial charge on any atom is 0.317 e. The summed E-state index contributed by atoms with van der Waals surface area (Å²) < 4.78 is 2.45. The standard InChI is InChI=1S/C13H17ClN4OS/c1-9(11-4-5-12(14)20-11)16-13(19)17(2)7-10-6-15-18(3)8-10/h4-6,8-9H,7H2,1-3H3,(H,16,19). The smallest absolute Gasteiger partial charge is 0.317 e. The third-order valence-electron chi connectivity index (χ3n) is 2.89. The number of amides is 2. The highest BCUT2D eigenvalue weighted by molar-refractivity contribution is 7.16. The largest absolute Gasteiger partial charge is 0.331 e. The number of thiophene rings is 1. The van der Waals surface area contributed by atoms with Crippen molar-refractivity contribution < 1.29 is 4.79 Å². The van der Waals surface area contributed by atoms with Gasteiger partial charge in [0.25, 0.3) is 0 Å². The van der Waals surface area contributed by atoms with E-state index < -0.39 is 0 Å². The van der Waals surface area contributed by atoms with E-state index in [1.54, 1.807) is 22.8 Å². The third-order valence-corrected chi connectivity index (χ3v) is 4.30. The van der Waals surface area contributed by atoms with Crippen LogP contribution >= 0.6 is 22.9 Å². The quantitative estimate of drug-likeness (QED) is 0.943. The van der Waals surface area contributed by atoms with Crippen molar-refractivity contribution in [2.45, 2.75) is 19.5 Å². The van der Waals surface area contributed by atoms with Crippen molar-refractivity contribution in [3.63, 3.8) is 0 Å². The van der Waals surface area contributed by atoms with Gasteiger partial charge in [-0.2, -0.15) is 5.10 Å². The lowest BCUT2D eigenvalue weighted by molar-refractivity contribution is 0.203. The number of carbonyl (C=O) groups excluding carboxylic acids is 1. The highest BCUT2D eigenvalue weighted by Crippen LogP contribution is 2.26. The van der Waals surface area contributed by atoms with Gasteiger partial charge in [0.15, 0.2) is 0 Å². The Labute approximate surface area is 127 Å². The third kappa shape index (κ3) is 3.74. The molecule has 0 spiro atoms. The molecule has 1 unspecified atom stereocenters. The van der Waals surface area contributed by atoms with E-state index in [0.29, 0.717) is 6.54 Å². The molecule has 0 saturated carbocycles. The fourth-order valence-corrected chi connectivity index (χ4v) is 2.89. The lowest BCUT2D eigenvalue weighted by Gasteiger charge is -2.20. The Kier molecular flexibility index (Phi) is 4.67. The van der Waals surface area contributed by atoms with Crippen LogP contribution in [0.5, 0.6) is 0 Å². The average molecular weight is 313 g/mol. The van der Waals surface area contributed by atoms with Crippen LogP contribution in [0, 0.1) is 0 Å². The summed E-state index contributed by atoms with van der Waals surface area (Å²) in [5.74, 6) is 0. The molecule has 20 heavy (non-hydrogen) atoms. The molecular formula is C13H17ClN4OS. The summed E-state index contributed by atoms with van der Waals surface area (Å²) in [5.41, 5.74) is 0.997. The molecule has 7 heteroatoms. The van der Waals surface area contributed by atoms with Gasteiger partial charge in [-0.05, 0) is 19.1 Å². The van der Waals surface area contributed by atoms with E-state index in [1.807, 2.05) is 32.3 Å². The van der Waals surface area contributed by atoms with Crippen LogP contribution in [0.3, 0.4) is 0 Å². The Bertz CT molecular complexity index is 595. The minimum atomic E-state index is -0.120. The molecule has 2 heterocycles. The number of halogens is 1. The molecular weight excluding hydrogens is 296 g/mol. The summed E-state index contributed by atoms with van der Waals surface area (Å²) in [6.45, 7) is 2.47. The lowest BCUT2D eigenvalue weighted by Crippen LogP contribution is -2.37. The molecule has 0 aliphatic carbocycles. The number of hydrogen-bond acceptors (Lipinski definition) is 3. The Morgan fingerprint density at radius 2 is 2.35 bits per heavy atom. The summed E-state index contributed by atoms with van der Waals surface area (Å²) in [4.78, 5) is 14.8.